The van der Waals surface area contributed by atoms with Crippen molar-refractivity contribution in [3.05, 3.63) is 0 Å². The standard InChI is InChI=1S/C12H23N7/c1-12(2)6-5-7-19(8-12)11-15-9(17-13)14-10(16-11)18(3)4/h5-8,13H2,1-4H3,(H,14,15,16,17). The van der Waals surface area contributed by atoms with Crippen LogP contribution in [0.4, 0.5) is 17.8 Å². The van der Waals surface area contributed by atoms with E-state index < -0.39 is 0 Å². The minimum absolute atomic E-state index is 0.291. The molecule has 7 heteroatoms. The highest BCUT2D eigenvalue weighted by molar-refractivity contribution is 5.44. The lowest BCUT2D eigenvalue weighted by Gasteiger charge is -2.38. The van der Waals surface area contributed by atoms with E-state index in [2.05, 4.69) is 39.1 Å². The summed E-state index contributed by atoms with van der Waals surface area (Å²) < 4.78 is 0. The van der Waals surface area contributed by atoms with Gasteiger partial charge in [-0.15, -0.1) is 0 Å². The molecule has 0 unspecified atom stereocenters. The molecule has 0 bridgehead atoms. The maximum atomic E-state index is 5.43. The van der Waals surface area contributed by atoms with Crippen molar-refractivity contribution in [1.29, 1.82) is 0 Å². The molecule has 0 spiro atoms. The first-order valence-corrected chi connectivity index (χ1v) is 6.56. The first-order chi connectivity index (χ1) is 8.91. The lowest BCUT2D eigenvalue weighted by molar-refractivity contribution is 0.291. The summed E-state index contributed by atoms with van der Waals surface area (Å²) in [6.07, 6.45) is 2.39. The van der Waals surface area contributed by atoms with Crippen LogP contribution in [-0.2, 0) is 0 Å². The number of nitrogens with two attached hydrogens (primary N) is 1. The van der Waals surface area contributed by atoms with Crippen LogP contribution in [-0.4, -0.2) is 42.1 Å². The number of hydrazine groups is 1. The van der Waals surface area contributed by atoms with Crippen molar-refractivity contribution in [2.45, 2.75) is 26.7 Å². The SMILES string of the molecule is CN(C)c1nc(NN)nc(N2CCCC(C)(C)C2)n1. The van der Waals surface area contributed by atoms with Crippen LogP contribution in [0.2, 0.25) is 0 Å². The maximum absolute atomic E-state index is 5.43. The summed E-state index contributed by atoms with van der Waals surface area (Å²) in [5.74, 6) is 7.14. The number of piperidine rings is 1. The summed E-state index contributed by atoms with van der Waals surface area (Å²) in [5.41, 5.74) is 2.80. The van der Waals surface area contributed by atoms with Gasteiger partial charge in [-0.25, -0.2) is 5.84 Å². The lowest BCUT2D eigenvalue weighted by Crippen LogP contribution is -2.41. The van der Waals surface area contributed by atoms with Gasteiger partial charge in [0.25, 0.3) is 0 Å². The van der Waals surface area contributed by atoms with Crippen molar-refractivity contribution in [3.8, 4) is 0 Å². The second-order valence-corrected chi connectivity index (χ2v) is 5.99. The summed E-state index contributed by atoms with van der Waals surface area (Å²) >= 11 is 0. The van der Waals surface area contributed by atoms with Crippen molar-refractivity contribution >= 4 is 17.8 Å². The molecule has 1 saturated heterocycles. The maximum Gasteiger partial charge on any atom is 0.243 e. The lowest BCUT2D eigenvalue weighted by atomic mass is 9.84. The minimum Gasteiger partial charge on any atom is -0.347 e. The predicted molar refractivity (Wildman–Crippen MR) is 77.2 cm³/mol. The second-order valence-electron chi connectivity index (χ2n) is 5.99. The highest BCUT2D eigenvalue weighted by Gasteiger charge is 2.28. The summed E-state index contributed by atoms with van der Waals surface area (Å²) in [6.45, 7) is 6.48. The Hall–Kier alpha value is -1.63. The van der Waals surface area contributed by atoms with Gasteiger partial charge in [0.2, 0.25) is 17.8 Å². The third kappa shape index (κ3) is 3.23. The Morgan fingerprint density at radius 2 is 2.00 bits per heavy atom. The van der Waals surface area contributed by atoms with Gasteiger partial charge in [0.15, 0.2) is 0 Å². The Balaban J connectivity index is 2.30. The number of anilines is 3. The van der Waals surface area contributed by atoms with E-state index in [1.807, 2.05) is 19.0 Å². The van der Waals surface area contributed by atoms with Crippen LogP contribution in [0.1, 0.15) is 26.7 Å². The fourth-order valence-electron chi connectivity index (χ4n) is 2.35. The van der Waals surface area contributed by atoms with Crippen LogP contribution in [0.5, 0.6) is 0 Å². The highest BCUT2D eigenvalue weighted by atomic mass is 15.4. The molecule has 3 N–H and O–H groups in total. The van der Waals surface area contributed by atoms with E-state index in [0.29, 0.717) is 23.3 Å². The molecule has 0 amide bonds. The molecular formula is C12H23N7. The first-order valence-electron chi connectivity index (χ1n) is 6.56. The van der Waals surface area contributed by atoms with Gasteiger partial charge in [-0.05, 0) is 18.3 Å². The average Bonchev–Trinajstić information content (AvgIpc) is 2.37. The van der Waals surface area contributed by atoms with Crippen molar-refractivity contribution in [3.63, 3.8) is 0 Å². The van der Waals surface area contributed by atoms with Gasteiger partial charge >= 0.3 is 0 Å². The Morgan fingerprint density at radius 1 is 1.26 bits per heavy atom. The predicted octanol–water partition coefficient (Wildman–Crippen LogP) is 0.850. The van der Waals surface area contributed by atoms with Crippen LogP contribution < -0.4 is 21.1 Å². The van der Waals surface area contributed by atoms with Crippen molar-refractivity contribution in [1.82, 2.24) is 15.0 Å². The summed E-state index contributed by atoms with van der Waals surface area (Å²) in [7, 11) is 3.80. The van der Waals surface area contributed by atoms with Crippen LogP contribution in [0.15, 0.2) is 0 Å². The Kier molecular flexibility index (Phi) is 3.75. The molecule has 19 heavy (non-hydrogen) atoms. The molecule has 0 aliphatic carbocycles. The molecule has 1 aliphatic heterocycles. The van der Waals surface area contributed by atoms with Crippen molar-refractivity contribution in [2.75, 3.05) is 42.4 Å². The number of rotatable bonds is 3. The zero-order valence-electron chi connectivity index (χ0n) is 12.1. The van der Waals surface area contributed by atoms with E-state index >= 15 is 0 Å². The van der Waals surface area contributed by atoms with Crippen molar-refractivity contribution in [2.24, 2.45) is 11.3 Å². The number of nitrogens with zero attached hydrogens (tertiary/aromatic N) is 5. The van der Waals surface area contributed by atoms with E-state index in [4.69, 9.17) is 5.84 Å². The normalized spacial score (nSPS) is 18.3. The summed E-state index contributed by atoms with van der Waals surface area (Å²) in [6, 6.07) is 0. The summed E-state index contributed by atoms with van der Waals surface area (Å²) in [4.78, 5) is 17.1. The molecule has 1 aromatic heterocycles. The largest absolute Gasteiger partial charge is 0.347 e. The van der Waals surface area contributed by atoms with Gasteiger partial charge in [-0.2, -0.15) is 15.0 Å². The zero-order chi connectivity index (χ0) is 14.0. The van der Waals surface area contributed by atoms with E-state index in [1.54, 1.807) is 0 Å². The number of hydrogen-bond acceptors (Lipinski definition) is 7. The molecule has 0 aromatic carbocycles. The molecule has 0 atom stereocenters. The highest BCUT2D eigenvalue weighted by Crippen LogP contribution is 2.30. The van der Waals surface area contributed by atoms with Crippen LogP contribution in [0, 0.1) is 5.41 Å². The molecule has 1 aliphatic rings. The van der Waals surface area contributed by atoms with Crippen molar-refractivity contribution < 1.29 is 0 Å². The molecule has 1 aromatic rings. The molecule has 2 rings (SSSR count). The Bertz CT molecular complexity index is 444. The first kappa shape index (κ1) is 13.8. The smallest absolute Gasteiger partial charge is 0.243 e. The monoisotopic (exact) mass is 265 g/mol. The van der Waals surface area contributed by atoms with Gasteiger partial charge in [0.1, 0.15) is 0 Å². The number of aromatic nitrogens is 3. The molecule has 7 nitrogen and oxygen atoms in total. The number of hydrogen-bond donors (Lipinski definition) is 2. The minimum atomic E-state index is 0.291. The second kappa shape index (κ2) is 5.16. The number of nitrogen functional groups attached to an aromatic ring is 1. The number of nitrogens with one attached hydrogen (secondary N) is 1. The van der Waals surface area contributed by atoms with Gasteiger partial charge in [0, 0.05) is 27.2 Å². The summed E-state index contributed by atoms with van der Waals surface area (Å²) in [5, 5.41) is 0. The van der Waals surface area contributed by atoms with E-state index in [9.17, 15) is 0 Å². The fraction of sp³-hybridized carbons (Fsp3) is 0.750. The fourth-order valence-corrected chi connectivity index (χ4v) is 2.35. The Morgan fingerprint density at radius 3 is 2.58 bits per heavy atom. The van der Waals surface area contributed by atoms with Gasteiger partial charge < -0.3 is 9.80 Å². The topological polar surface area (TPSA) is 83.2 Å². The molecule has 1 fully saturated rings. The molecule has 0 radical (unpaired) electrons. The zero-order valence-corrected chi connectivity index (χ0v) is 12.1. The van der Waals surface area contributed by atoms with Gasteiger partial charge in [-0.1, -0.05) is 13.8 Å². The third-order valence-corrected chi connectivity index (χ3v) is 3.32. The Labute approximate surface area is 114 Å². The van der Waals surface area contributed by atoms with Crippen LogP contribution in [0.25, 0.3) is 0 Å². The average molecular weight is 265 g/mol. The quantitative estimate of drug-likeness (QED) is 0.619. The van der Waals surface area contributed by atoms with E-state index in [1.165, 1.54) is 6.42 Å². The molecule has 2 heterocycles. The molecule has 106 valence electrons. The van der Waals surface area contributed by atoms with Gasteiger partial charge in [-0.3, -0.25) is 5.43 Å². The van der Waals surface area contributed by atoms with Crippen LogP contribution >= 0.6 is 0 Å². The molecular weight excluding hydrogens is 242 g/mol. The van der Waals surface area contributed by atoms with Crippen LogP contribution in [0.3, 0.4) is 0 Å². The van der Waals surface area contributed by atoms with E-state index in [-0.39, 0.29) is 0 Å². The van der Waals surface area contributed by atoms with E-state index in [0.717, 1.165) is 19.5 Å². The molecule has 0 saturated carbocycles. The van der Waals surface area contributed by atoms with Gasteiger partial charge in [0.05, 0.1) is 0 Å². The third-order valence-electron chi connectivity index (χ3n) is 3.32.